The molecule has 2 N–H and O–H groups in total. The van der Waals surface area contributed by atoms with Gasteiger partial charge in [-0.2, -0.15) is 0 Å². The number of benzene rings is 1. The molecule has 1 heterocycles. The van der Waals surface area contributed by atoms with Crippen molar-refractivity contribution in [1.29, 1.82) is 0 Å². The van der Waals surface area contributed by atoms with Crippen molar-refractivity contribution >= 4 is 27.4 Å². The van der Waals surface area contributed by atoms with Crippen molar-refractivity contribution in [2.24, 2.45) is 0 Å². The molecule has 0 aliphatic rings. The van der Waals surface area contributed by atoms with Gasteiger partial charge in [0.05, 0.1) is 11.0 Å². The van der Waals surface area contributed by atoms with E-state index in [1.807, 2.05) is 0 Å². The number of aromatic nitrogens is 2. The lowest BCUT2D eigenvalue weighted by Gasteiger charge is -2.10. The average Bonchev–Trinajstić information content (AvgIpc) is 2.37. The third kappa shape index (κ3) is 2.69. The van der Waals surface area contributed by atoms with Crippen LogP contribution < -0.4 is 10.5 Å². The molecule has 0 fully saturated rings. The van der Waals surface area contributed by atoms with Crippen LogP contribution in [0.2, 0.25) is 0 Å². The number of nitrogens with two attached hydrogens (primary N) is 1. The number of nitro groups is 1. The number of nitro benzene ring substituents is 1. The molecular weight excluding hydrogens is 328 g/mol. The number of ether oxygens (including phenoxy) is 1. The number of halogens is 1. The van der Waals surface area contributed by atoms with E-state index in [0.29, 0.717) is 15.8 Å². The van der Waals surface area contributed by atoms with Gasteiger partial charge in [-0.05, 0) is 41.4 Å². The Bertz CT molecular complexity index is 691. The van der Waals surface area contributed by atoms with Gasteiger partial charge < -0.3 is 10.5 Å². The smallest absolute Gasteiger partial charge is 0.276 e. The van der Waals surface area contributed by atoms with Crippen LogP contribution in [0.1, 0.15) is 11.1 Å². The Kier molecular flexibility index (Phi) is 3.84. The molecule has 2 rings (SSSR count). The second kappa shape index (κ2) is 5.41. The van der Waals surface area contributed by atoms with Crippen LogP contribution in [0.3, 0.4) is 0 Å². The zero-order chi connectivity index (χ0) is 14.9. The topological polar surface area (TPSA) is 104 Å². The monoisotopic (exact) mass is 338 g/mol. The van der Waals surface area contributed by atoms with Crippen molar-refractivity contribution in [2.75, 3.05) is 5.73 Å². The normalized spacial score (nSPS) is 10.3. The van der Waals surface area contributed by atoms with Crippen LogP contribution in [0.5, 0.6) is 11.6 Å². The van der Waals surface area contributed by atoms with Gasteiger partial charge in [-0.1, -0.05) is 0 Å². The van der Waals surface area contributed by atoms with E-state index >= 15 is 0 Å². The second-order valence-electron chi connectivity index (χ2n) is 4.14. The molecule has 0 saturated carbocycles. The summed E-state index contributed by atoms with van der Waals surface area (Å²) in [6.45, 7) is 3.47. The van der Waals surface area contributed by atoms with Crippen LogP contribution in [0.4, 0.5) is 11.5 Å². The third-order valence-corrected chi connectivity index (χ3v) is 3.43. The minimum Gasteiger partial charge on any atom is -0.437 e. The molecule has 0 unspecified atom stereocenters. The van der Waals surface area contributed by atoms with Gasteiger partial charge in [0.25, 0.3) is 5.69 Å². The van der Waals surface area contributed by atoms with E-state index in [-0.39, 0.29) is 17.4 Å². The van der Waals surface area contributed by atoms with Crippen LogP contribution >= 0.6 is 15.9 Å². The summed E-state index contributed by atoms with van der Waals surface area (Å²) in [4.78, 5) is 18.2. The molecule has 0 saturated heterocycles. The molecule has 0 aliphatic heterocycles. The highest BCUT2D eigenvalue weighted by Crippen LogP contribution is 2.34. The molecule has 2 aromatic rings. The second-order valence-corrected chi connectivity index (χ2v) is 4.93. The first kappa shape index (κ1) is 14.2. The van der Waals surface area contributed by atoms with Crippen LogP contribution in [-0.2, 0) is 0 Å². The Hall–Kier alpha value is -2.22. The molecule has 0 aliphatic carbocycles. The summed E-state index contributed by atoms with van der Waals surface area (Å²) < 4.78 is 5.99. The summed E-state index contributed by atoms with van der Waals surface area (Å²) in [6.07, 6.45) is 1.26. The fourth-order valence-electron chi connectivity index (χ4n) is 1.67. The lowest BCUT2D eigenvalue weighted by molar-refractivity contribution is -0.385. The summed E-state index contributed by atoms with van der Waals surface area (Å²) in [5.41, 5.74) is 6.95. The first-order valence-corrected chi connectivity index (χ1v) is 6.39. The Morgan fingerprint density at radius 2 is 2.00 bits per heavy atom. The van der Waals surface area contributed by atoms with E-state index in [1.165, 1.54) is 12.4 Å². The first-order valence-electron chi connectivity index (χ1n) is 5.59. The predicted molar refractivity (Wildman–Crippen MR) is 76.8 cm³/mol. The molecule has 0 spiro atoms. The van der Waals surface area contributed by atoms with Gasteiger partial charge in [-0.25, -0.2) is 9.97 Å². The van der Waals surface area contributed by atoms with E-state index in [4.69, 9.17) is 10.5 Å². The molecule has 0 amide bonds. The number of nitrogens with zero attached hydrogens (tertiary/aromatic N) is 3. The SMILES string of the molecule is Cc1cc(C)c([N+](=O)[O-])cc1Oc1ncnc(N)c1Br. The van der Waals surface area contributed by atoms with Gasteiger partial charge in [0, 0.05) is 5.56 Å². The standard InChI is InChI=1S/C12H11BrN4O3/c1-6-3-7(2)9(4-8(6)17(18)19)20-12-10(13)11(14)15-5-16-12/h3-5H,1-2H3,(H2,14,15,16). The van der Waals surface area contributed by atoms with Gasteiger partial charge >= 0.3 is 0 Å². The summed E-state index contributed by atoms with van der Waals surface area (Å²) in [5.74, 6) is 0.786. The minimum atomic E-state index is -0.453. The number of rotatable bonds is 3. The number of nitrogen functional groups attached to an aromatic ring is 1. The maximum absolute atomic E-state index is 11.0. The zero-order valence-electron chi connectivity index (χ0n) is 10.8. The van der Waals surface area contributed by atoms with Crippen LogP contribution in [0, 0.1) is 24.0 Å². The Labute approximate surface area is 123 Å². The van der Waals surface area contributed by atoms with E-state index in [2.05, 4.69) is 25.9 Å². The molecule has 20 heavy (non-hydrogen) atoms. The summed E-state index contributed by atoms with van der Waals surface area (Å²) in [7, 11) is 0. The highest BCUT2D eigenvalue weighted by atomic mass is 79.9. The summed E-state index contributed by atoms with van der Waals surface area (Å²) in [5, 5.41) is 11.0. The van der Waals surface area contributed by atoms with E-state index in [1.54, 1.807) is 19.9 Å². The minimum absolute atomic E-state index is 0.0104. The fourth-order valence-corrected chi connectivity index (χ4v) is 1.96. The highest BCUT2D eigenvalue weighted by molar-refractivity contribution is 9.10. The third-order valence-electron chi connectivity index (χ3n) is 2.68. The van der Waals surface area contributed by atoms with E-state index in [9.17, 15) is 10.1 Å². The molecule has 0 bridgehead atoms. The average molecular weight is 339 g/mol. The molecule has 1 aromatic heterocycles. The Morgan fingerprint density at radius 3 is 2.65 bits per heavy atom. The van der Waals surface area contributed by atoms with Crippen molar-refractivity contribution in [2.45, 2.75) is 13.8 Å². The maximum Gasteiger partial charge on any atom is 0.276 e. The Balaban J connectivity index is 2.46. The molecule has 7 nitrogen and oxygen atoms in total. The van der Waals surface area contributed by atoms with Gasteiger partial charge in [-0.3, -0.25) is 10.1 Å². The zero-order valence-corrected chi connectivity index (χ0v) is 12.3. The fraction of sp³-hybridized carbons (Fsp3) is 0.167. The van der Waals surface area contributed by atoms with Gasteiger partial charge in [-0.15, -0.1) is 0 Å². The first-order chi connectivity index (χ1) is 9.40. The summed E-state index contributed by atoms with van der Waals surface area (Å²) in [6, 6.07) is 3.06. The number of hydrogen-bond donors (Lipinski definition) is 1. The van der Waals surface area contributed by atoms with Crippen molar-refractivity contribution in [3.63, 3.8) is 0 Å². The molecule has 8 heteroatoms. The van der Waals surface area contributed by atoms with Gasteiger partial charge in [0.1, 0.15) is 22.4 Å². The quantitative estimate of drug-likeness (QED) is 0.680. The van der Waals surface area contributed by atoms with E-state index < -0.39 is 4.92 Å². The van der Waals surface area contributed by atoms with Crippen LogP contribution in [-0.4, -0.2) is 14.9 Å². The van der Waals surface area contributed by atoms with Crippen molar-refractivity contribution < 1.29 is 9.66 Å². The molecule has 104 valence electrons. The Morgan fingerprint density at radius 1 is 1.30 bits per heavy atom. The van der Waals surface area contributed by atoms with Crippen molar-refractivity contribution in [3.05, 3.63) is 44.2 Å². The maximum atomic E-state index is 11.0. The largest absolute Gasteiger partial charge is 0.437 e. The number of aryl methyl sites for hydroxylation is 2. The molecule has 0 radical (unpaired) electrons. The molecule has 0 atom stereocenters. The lowest BCUT2D eigenvalue weighted by atomic mass is 10.1. The van der Waals surface area contributed by atoms with Crippen LogP contribution in [0.15, 0.2) is 22.9 Å². The van der Waals surface area contributed by atoms with Crippen molar-refractivity contribution in [3.8, 4) is 11.6 Å². The van der Waals surface area contributed by atoms with Gasteiger partial charge in [0.15, 0.2) is 0 Å². The highest BCUT2D eigenvalue weighted by Gasteiger charge is 2.16. The summed E-state index contributed by atoms with van der Waals surface area (Å²) >= 11 is 3.22. The van der Waals surface area contributed by atoms with Crippen LogP contribution in [0.25, 0.3) is 0 Å². The predicted octanol–water partition coefficient (Wildman–Crippen LogP) is 3.14. The number of anilines is 1. The number of hydrogen-bond acceptors (Lipinski definition) is 6. The van der Waals surface area contributed by atoms with Gasteiger partial charge in [0.2, 0.25) is 5.88 Å². The lowest BCUT2D eigenvalue weighted by Crippen LogP contribution is -1.99. The van der Waals surface area contributed by atoms with Crippen molar-refractivity contribution in [1.82, 2.24) is 9.97 Å². The molecule has 1 aromatic carbocycles. The van der Waals surface area contributed by atoms with E-state index in [0.717, 1.165) is 5.56 Å². The molecular formula is C12H11BrN4O3.